The van der Waals surface area contributed by atoms with Crippen LogP contribution < -0.4 is 5.32 Å². The first-order chi connectivity index (χ1) is 9.61. The highest BCUT2D eigenvalue weighted by molar-refractivity contribution is 6.10. The van der Waals surface area contributed by atoms with Crippen LogP contribution in [0.2, 0.25) is 0 Å². The number of rotatable bonds is 3. The largest absolute Gasteiger partial charge is 0.478 e. The second kappa shape index (κ2) is 5.67. The van der Waals surface area contributed by atoms with Crippen molar-refractivity contribution in [2.45, 2.75) is 0 Å². The molecule has 2 rings (SSSR count). The van der Waals surface area contributed by atoms with Gasteiger partial charge < -0.3 is 10.4 Å². The Hall–Kier alpha value is -3.13. The van der Waals surface area contributed by atoms with E-state index in [1.807, 2.05) is 0 Å². The molecule has 0 aliphatic rings. The van der Waals surface area contributed by atoms with Crippen LogP contribution in [0.5, 0.6) is 0 Å². The van der Waals surface area contributed by atoms with Crippen molar-refractivity contribution >= 4 is 23.3 Å². The molecule has 0 heterocycles. The van der Waals surface area contributed by atoms with Crippen LogP contribution in [0.4, 0.5) is 11.4 Å². The zero-order chi connectivity index (χ0) is 14.5. The van der Waals surface area contributed by atoms with E-state index in [9.17, 15) is 9.59 Å². The second-order valence-corrected chi connectivity index (χ2v) is 3.96. The van der Waals surface area contributed by atoms with E-state index in [-0.39, 0.29) is 11.1 Å². The van der Waals surface area contributed by atoms with Crippen LogP contribution in [0.15, 0.2) is 48.5 Å². The molecule has 0 aliphatic carbocycles. The Labute approximate surface area is 115 Å². The molecule has 0 aromatic heterocycles. The molecule has 2 aromatic carbocycles. The lowest BCUT2D eigenvalue weighted by atomic mass is 10.1. The molecule has 1 amide bonds. The summed E-state index contributed by atoms with van der Waals surface area (Å²) in [5.41, 5.74) is 1.01. The summed E-state index contributed by atoms with van der Waals surface area (Å²) in [4.78, 5) is 26.4. The number of anilines is 1. The highest BCUT2D eigenvalue weighted by Gasteiger charge is 2.15. The molecule has 0 radical (unpaired) electrons. The second-order valence-electron chi connectivity index (χ2n) is 3.96. The zero-order valence-electron chi connectivity index (χ0n) is 10.3. The average molecular weight is 266 g/mol. The third-order valence-electron chi connectivity index (χ3n) is 2.66. The predicted molar refractivity (Wildman–Crippen MR) is 74.1 cm³/mol. The third kappa shape index (κ3) is 2.82. The van der Waals surface area contributed by atoms with Crippen LogP contribution in [0.1, 0.15) is 20.7 Å². The minimum atomic E-state index is -1.15. The van der Waals surface area contributed by atoms with E-state index in [0.29, 0.717) is 11.4 Å². The van der Waals surface area contributed by atoms with Gasteiger partial charge in [0.1, 0.15) is 0 Å². The molecule has 0 spiro atoms. The van der Waals surface area contributed by atoms with Gasteiger partial charge in [-0.15, -0.1) is 0 Å². The maximum Gasteiger partial charge on any atom is 0.336 e. The fraction of sp³-hybridized carbons (Fsp3) is 0. The molecule has 5 nitrogen and oxygen atoms in total. The van der Waals surface area contributed by atoms with Gasteiger partial charge in [0, 0.05) is 5.69 Å². The van der Waals surface area contributed by atoms with Crippen LogP contribution in [-0.4, -0.2) is 17.0 Å². The number of carboxylic acid groups (broad SMARTS) is 1. The van der Waals surface area contributed by atoms with Gasteiger partial charge in [0.2, 0.25) is 0 Å². The van der Waals surface area contributed by atoms with E-state index >= 15 is 0 Å². The molecular formula is C15H10N2O3. The number of carboxylic acids is 1. The van der Waals surface area contributed by atoms with Crippen molar-refractivity contribution < 1.29 is 14.7 Å². The van der Waals surface area contributed by atoms with Gasteiger partial charge in [0.25, 0.3) is 5.91 Å². The number of nitrogens with one attached hydrogen (secondary N) is 1. The lowest BCUT2D eigenvalue weighted by Crippen LogP contribution is -2.16. The van der Waals surface area contributed by atoms with Crippen molar-refractivity contribution in [1.29, 1.82) is 0 Å². The quantitative estimate of drug-likeness (QED) is 0.838. The molecule has 0 saturated heterocycles. The maximum atomic E-state index is 12.1. The average Bonchev–Trinajstić information content (AvgIpc) is 2.48. The highest BCUT2D eigenvalue weighted by atomic mass is 16.4. The Morgan fingerprint density at radius 1 is 1.00 bits per heavy atom. The van der Waals surface area contributed by atoms with E-state index in [0.717, 1.165) is 0 Å². The Kier molecular flexibility index (Phi) is 3.77. The van der Waals surface area contributed by atoms with Crippen molar-refractivity contribution in [2.24, 2.45) is 0 Å². The molecule has 0 aliphatic heterocycles. The summed E-state index contributed by atoms with van der Waals surface area (Å²) in [6, 6.07) is 12.3. The summed E-state index contributed by atoms with van der Waals surface area (Å²) in [6.07, 6.45) is 0. The molecule has 20 heavy (non-hydrogen) atoms. The van der Waals surface area contributed by atoms with Gasteiger partial charge in [-0.3, -0.25) is 4.79 Å². The Balaban J connectivity index is 2.24. The monoisotopic (exact) mass is 266 g/mol. The van der Waals surface area contributed by atoms with E-state index in [1.165, 1.54) is 12.1 Å². The zero-order valence-corrected chi connectivity index (χ0v) is 10.3. The van der Waals surface area contributed by atoms with Gasteiger partial charge in [-0.05, 0) is 24.3 Å². The van der Waals surface area contributed by atoms with Gasteiger partial charge in [-0.2, -0.15) is 0 Å². The van der Waals surface area contributed by atoms with Gasteiger partial charge in [0.05, 0.1) is 17.7 Å². The summed E-state index contributed by atoms with van der Waals surface area (Å²) in [5, 5.41) is 11.6. The number of hydrogen-bond donors (Lipinski definition) is 2. The van der Waals surface area contributed by atoms with Gasteiger partial charge in [-0.1, -0.05) is 24.3 Å². The van der Waals surface area contributed by atoms with Crippen molar-refractivity contribution in [3.8, 4) is 0 Å². The van der Waals surface area contributed by atoms with E-state index in [4.69, 9.17) is 11.7 Å². The van der Waals surface area contributed by atoms with Crippen LogP contribution in [0, 0.1) is 6.57 Å². The lowest BCUT2D eigenvalue weighted by Gasteiger charge is -2.07. The summed E-state index contributed by atoms with van der Waals surface area (Å²) in [5.74, 6) is -1.65. The SMILES string of the molecule is [C-]#[N+]c1ccc(NC(=O)c2ccccc2C(=O)O)cc1. The first-order valence-corrected chi connectivity index (χ1v) is 5.73. The van der Waals surface area contributed by atoms with Crippen LogP contribution in [-0.2, 0) is 0 Å². The molecule has 0 fully saturated rings. The van der Waals surface area contributed by atoms with Crippen LogP contribution in [0.25, 0.3) is 4.85 Å². The van der Waals surface area contributed by atoms with E-state index in [1.54, 1.807) is 36.4 Å². The number of benzene rings is 2. The number of hydrogen-bond acceptors (Lipinski definition) is 2. The fourth-order valence-electron chi connectivity index (χ4n) is 1.69. The summed E-state index contributed by atoms with van der Waals surface area (Å²) < 4.78 is 0. The number of carbonyl (C=O) groups is 2. The number of amides is 1. The molecule has 0 saturated carbocycles. The lowest BCUT2D eigenvalue weighted by molar-refractivity contribution is 0.0692. The van der Waals surface area contributed by atoms with Gasteiger partial charge in [-0.25, -0.2) is 9.64 Å². The standard InChI is InChI=1S/C15H10N2O3/c1-16-10-6-8-11(9-7-10)17-14(18)12-4-2-3-5-13(12)15(19)20/h2-9H,(H,17,18)(H,19,20). The first kappa shape index (κ1) is 13.3. The fourth-order valence-corrected chi connectivity index (χ4v) is 1.69. The van der Waals surface area contributed by atoms with Crippen LogP contribution in [0.3, 0.4) is 0 Å². The van der Waals surface area contributed by atoms with E-state index in [2.05, 4.69) is 10.2 Å². The van der Waals surface area contributed by atoms with Crippen molar-refractivity contribution in [3.05, 3.63) is 71.1 Å². The molecule has 5 heteroatoms. The molecule has 98 valence electrons. The summed E-state index contributed by atoms with van der Waals surface area (Å²) in [7, 11) is 0. The third-order valence-corrected chi connectivity index (χ3v) is 2.66. The topological polar surface area (TPSA) is 70.8 Å². The van der Waals surface area contributed by atoms with Crippen molar-refractivity contribution in [2.75, 3.05) is 5.32 Å². The normalized spacial score (nSPS) is 9.55. The Morgan fingerprint density at radius 3 is 2.15 bits per heavy atom. The number of aromatic carboxylic acids is 1. The minimum absolute atomic E-state index is 0.0530. The summed E-state index contributed by atoms with van der Waals surface area (Å²) >= 11 is 0. The van der Waals surface area contributed by atoms with E-state index < -0.39 is 11.9 Å². The van der Waals surface area contributed by atoms with Crippen LogP contribution >= 0.6 is 0 Å². The Morgan fingerprint density at radius 2 is 1.60 bits per heavy atom. The first-order valence-electron chi connectivity index (χ1n) is 5.73. The molecule has 0 unspecified atom stereocenters. The molecule has 2 N–H and O–H groups in total. The van der Waals surface area contributed by atoms with Gasteiger partial charge >= 0.3 is 5.97 Å². The molecule has 0 bridgehead atoms. The summed E-state index contributed by atoms with van der Waals surface area (Å²) in [6.45, 7) is 6.84. The Bertz CT molecular complexity index is 700. The van der Waals surface area contributed by atoms with Crippen molar-refractivity contribution in [3.63, 3.8) is 0 Å². The van der Waals surface area contributed by atoms with Gasteiger partial charge in [0.15, 0.2) is 5.69 Å². The maximum absolute atomic E-state index is 12.1. The predicted octanol–water partition coefficient (Wildman–Crippen LogP) is 3.19. The smallest absolute Gasteiger partial charge is 0.336 e. The number of carbonyl (C=O) groups excluding carboxylic acids is 1. The molecular weight excluding hydrogens is 256 g/mol. The minimum Gasteiger partial charge on any atom is -0.478 e. The molecule has 0 atom stereocenters. The van der Waals surface area contributed by atoms with Crippen molar-refractivity contribution in [1.82, 2.24) is 0 Å². The molecule has 2 aromatic rings. The number of nitrogens with zero attached hydrogens (tertiary/aromatic N) is 1. The highest BCUT2D eigenvalue weighted by Crippen LogP contribution is 2.17.